The van der Waals surface area contributed by atoms with E-state index in [1.54, 1.807) is 0 Å². The Bertz CT molecular complexity index is 323. The molecule has 4 atom stereocenters. The predicted octanol–water partition coefficient (Wildman–Crippen LogP) is 5.12. The molecule has 3 aliphatic rings. The van der Waals surface area contributed by atoms with E-state index in [1.165, 1.54) is 51.4 Å². The van der Waals surface area contributed by atoms with Crippen molar-refractivity contribution in [3.05, 3.63) is 23.8 Å². The molecule has 0 heterocycles. The second-order valence-electron chi connectivity index (χ2n) is 6.31. The van der Waals surface area contributed by atoms with Crippen LogP contribution in [0, 0.1) is 23.7 Å². The first kappa shape index (κ1) is 11.6. The van der Waals surface area contributed by atoms with Crippen LogP contribution in [0.3, 0.4) is 0 Å². The molecule has 0 amide bonds. The fourth-order valence-electron chi connectivity index (χ4n) is 4.21. The molecule has 4 unspecified atom stereocenters. The molecule has 0 heteroatoms. The molecule has 0 saturated heterocycles. The Morgan fingerprint density at radius 2 is 1.76 bits per heavy atom. The van der Waals surface area contributed by atoms with E-state index in [2.05, 4.69) is 25.2 Å². The summed E-state index contributed by atoms with van der Waals surface area (Å²) in [5.74, 6) is 3.81. The highest BCUT2D eigenvalue weighted by atomic mass is 14.5. The van der Waals surface area contributed by atoms with Crippen LogP contribution in [0.1, 0.15) is 58.3 Å². The molecule has 0 aromatic carbocycles. The Kier molecular flexibility index (Phi) is 3.40. The Labute approximate surface area is 106 Å². The largest absolute Gasteiger partial charge is 0.0845 e. The lowest BCUT2D eigenvalue weighted by atomic mass is 9.67. The monoisotopic (exact) mass is 230 g/mol. The average molecular weight is 230 g/mol. The Balaban J connectivity index is 1.35. The molecule has 0 N–H and O–H groups in total. The molecule has 94 valence electrons. The SMILES string of the molecule is CCCCCCCCC1=CC2C3C=CC(C3)C12. The average Bonchev–Trinajstić information content (AvgIpc) is 2.84. The van der Waals surface area contributed by atoms with E-state index in [4.69, 9.17) is 0 Å². The number of hydrogen-bond acceptors (Lipinski definition) is 0. The van der Waals surface area contributed by atoms with Crippen molar-refractivity contribution in [3.8, 4) is 0 Å². The summed E-state index contributed by atoms with van der Waals surface area (Å²) in [7, 11) is 0. The molecular formula is C17H26. The van der Waals surface area contributed by atoms with E-state index in [1.807, 2.05) is 5.57 Å². The van der Waals surface area contributed by atoms with Gasteiger partial charge in [-0.3, -0.25) is 0 Å². The third-order valence-electron chi connectivity index (χ3n) is 5.17. The van der Waals surface area contributed by atoms with Crippen molar-refractivity contribution in [2.45, 2.75) is 58.3 Å². The Hall–Kier alpha value is -0.520. The molecule has 0 nitrogen and oxygen atoms in total. The van der Waals surface area contributed by atoms with Gasteiger partial charge in [0, 0.05) is 0 Å². The first-order valence-electron chi connectivity index (χ1n) is 7.79. The van der Waals surface area contributed by atoms with E-state index < -0.39 is 0 Å². The van der Waals surface area contributed by atoms with E-state index in [9.17, 15) is 0 Å². The van der Waals surface area contributed by atoms with Crippen molar-refractivity contribution in [3.63, 3.8) is 0 Å². The van der Waals surface area contributed by atoms with Crippen molar-refractivity contribution < 1.29 is 0 Å². The van der Waals surface area contributed by atoms with Gasteiger partial charge in [-0.2, -0.15) is 0 Å². The van der Waals surface area contributed by atoms with Crippen LogP contribution in [0.5, 0.6) is 0 Å². The minimum absolute atomic E-state index is 0.929. The third-order valence-corrected chi connectivity index (χ3v) is 5.17. The van der Waals surface area contributed by atoms with Crippen molar-refractivity contribution in [2.24, 2.45) is 23.7 Å². The summed E-state index contributed by atoms with van der Waals surface area (Å²) in [5, 5.41) is 0. The molecule has 2 bridgehead atoms. The van der Waals surface area contributed by atoms with Crippen molar-refractivity contribution in [1.82, 2.24) is 0 Å². The Morgan fingerprint density at radius 3 is 2.59 bits per heavy atom. The van der Waals surface area contributed by atoms with E-state index >= 15 is 0 Å². The number of fused-ring (bicyclic) bond motifs is 5. The van der Waals surface area contributed by atoms with E-state index in [0.29, 0.717) is 0 Å². The van der Waals surface area contributed by atoms with Gasteiger partial charge >= 0.3 is 0 Å². The van der Waals surface area contributed by atoms with E-state index in [-0.39, 0.29) is 0 Å². The van der Waals surface area contributed by atoms with Crippen LogP contribution in [0.4, 0.5) is 0 Å². The molecule has 3 aliphatic carbocycles. The van der Waals surface area contributed by atoms with Gasteiger partial charge in [-0.1, -0.05) is 62.8 Å². The van der Waals surface area contributed by atoms with E-state index in [0.717, 1.165) is 23.7 Å². The van der Waals surface area contributed by atoms with Gasteiger partial charge in [0.15, 0.2) is 0 Å². The zero-order valence-corrected chi connectivity index (χ0v) is 11.2. The van der Waals surface area contributed by atoms with Gasteiger partial charge in [0.1, 0.15) is 0 Å². The van der Waals surface area contributed by atoms with Gasteiger partial charge in [-0.15, -0.1) is 0 Å². The van der Waals surface area contributed by atoms with Crippen molar-refractivity contribution in [1.29, 1.82) is 0 Å². The molecule has 0 spiro atoms. The van der Waals surface area contributed by atoms with Gasteiger partial charge in [0.05, 0.1) is 0 Å². The fourth-order valence-corrected chi connectivity index (χ4v) is 4.21. The second kappa shape index (κ2) is 5.00. The second-order valence-corrected chi connectivity index (χ2v) is 6.31. The standard InChI is InChI=1S/C17H26/c1-2-3-4-5-6-7-8-14-12-16-13-9-10-15(11-13)17(14)16/h9-10,12-13,15-17H,2-8,11H2,1H3. The normalized spacial score (nSPS) is 36.9. The third kappa shape index (κ3) is 2.11. The maximum absolute atomic E-state index is 2.62. The fraction of sp³-hybridized carbons (Fsp3) is 0.765. The van der Waals surface area contributed by atoms with Crippen LogP contribution in [-0.4, -0.2) is 0 Å². The molecule has 0 aromatic heterocycles. The van der Waals surface area contributed by atoms with Crippen LogP contribution >= 0.6 is 0 Å². The van der Waals surface area contributed by atoms with Gasteiger partial charge in [0.2, 0.25) is 0 Å². The van der Waals surface area contributed by atoms with Crippen LogP contribution < -0.4 is 0 Å². The number of hydrogen-bond donors (Lipinski definition) is 0. The molecule has 0 radical (unpaired) electrons. The highest BCUT2D eigenvalue weighted by molar-refractivity contribution is 5.34. The van der Waals surface area contributed by atoms with Crippen LogP contribution in [-0.2, 0) is 0 Å². The molecular weight excluding hydrogens is 204 g/mol. The summed E-state index contributed by atoms with van der Waals surface area (Å²) < 4.78 is 0. The van der Waals surface area contributed by atoms with Crippen LogP contribution in [0.15, 0.2) is 23.8 Å². The molecule has 3 rings (SSSR count). The maximum atomic E-state index is 2.62. The van der Waals surface area contributed by atoms with Gasteiger partial charge in [-0.25, -0.2) is 0 Å². The Morgan fingerprint density at radius 1 is 1.00 bits per heavy atom. The summed E-state index contributed by atoms with van der Waals surface area (Å²) in [6.45, 7) is 2.29. The highest BCUT2D eigenvalue weighted by Crippen LogP contribution is 2.58. The first-order valence-corrected chi connectivity index (χ1v) is 7.79. The maximum Gasteiger partial charge on any atom is -0.00712 e. The highest BCUT2D eigenvalue weighted by Gasteiger charge is 2.49. The lowest BCUT2D eigenvalue weighted by molar-refractivity contribution is 0.354. The number of rotatable bonds is 7. The number of allylic oxidation sites excluding steroid dienone is 4. The molecule has 1 fully saturated rings. The topological polar surface area (TPSA) is 0 Å². The predicted molar refractivity (Wildman–Crippen MR) is 73.8 cm³/mol. The lowest BCUT2D eigenvalue weighted by Gasteiger charge is -2.37. The van der Waals surface area contributed by atoms with Crippen molar-refractivity contribution >= 4 is 0 Å². The summed E-state index contributed by atoms with van der Waals surface area (Å²) in [5.41, 5.74) is 1.82. The van der Waals surface area contributed by atoms with Gasteiger partial charge in [0.25, 0.3) is 0 Å². The minimum Gasteiger partial charge on any atom is -0.0845 e. The summed E-state index contributed by atoms with van der Waals surface area (Å²) >= 11 is 0. The summed E-state index contributed by atoms with van der Waals surface area (Å²) in [4.78, 5) is 0. The van der Waals surface area contributed by atoms with Gasteiger partial charge in [-0.05, 0) is 42.9 Å². The zero-order valence-electron chi connectivity index (χ0n) is 11.2. The van der Waals surface area contributed by atoms with Crippen LogP contribution in [0.25, 0.3) is 0 Å². The molecule has 0 aliphatic heterocycles. The summed E-state index contributed by atoms with van der Waals surface area (Å²) in [6, 6.07) is 0. The first-order chi connectivity index (χ1) is 8.40. The number of unbranched alkanes of at least 4 members (excludes halogenated alkanes) is 5. The minimum atomic E-state index is 0.929. The lowest BCUT2D eigenvalue weighted by Crippen LogP contribution is -2.28. The zero-order chi connectivity index (χ0) is 11.7. The molecule has 0 aromatic rings. The smallest absolute Gasteiger partial charge is 0.00712 e. The molecule has 17 heavy (non-hydrogen) atoms. The quantitative estimate of drug-likeness (QED) is 0.421. The van der Waals surface area contributed by atoms with Gasteiger partial charge < -0.3 is 0 Å². The molecule has 1 saturated carbocycles. The summed E-state index contributed by atoms with van der Waals surface area (Å²) in [6.07, 6.45) is 19.1. The van der Waals surface area contributed by atoms with Crippen molar-refractivity contribution in [2.75, 3.05) is 0 Å². The van der Waals surface area contributed by atoms with Crippen LogP contribution in [0.2, 0.25) is 0 Å².